The molecule has 0 bridgehead atoms. The number of nitrogens with one attached hydrogen (secondary N) is 2. The van der Waals surface area contributed by atoms with E-state index in [4.69, 9.17) is 0 Å². The van der Waals surface area contributed by atoms with Crippen LogP contribution in [0.2, 0.25) is 0 Å². The quantitative estimate of drug-likeness (QED) is 0.676. The predicted octanol–water partition coefficient (Wildman–Crippen LogP) is -1.25. The van der Waals surface area contributed by atoms with Crippen molar-refractivity contribution in [1.29, 1.82) is 0 Å². The number of aromatic nitrogens is 4. The molecule has 1 aliphatic rings. The van der Waals surface area contributed by atoms with E-state index in [1.54, 1.807) is 10.6 Å². The molecular formula is C10H12N6O. The fourth-order valence-electron chi connectivity index (χ4n) is 1.92. The Kier molecular flexibility index (Phi) is 2.45. The number of fused-ring (bicyclic) bond motifs is 1. The van der Waals surface area contributed by atoms with Gasteiger partial charge in [0.2, 0.25) is 5.91 Å². The predicted molar refractivity (Wildman–Crippen MR) is 59.3 cm³/mol. The first-order valence-electron chi connectivity index (χ1n) is 5.50. The van der Waals surface area contributed by atoms with Crippen molar-refractivity contribution in [2.24, 2.45) is 0 Å². The molecule has 2 aromatic rings. The summed E-state index contributed by atoms with van der Waals surface area (Å²) in [6, 6.07) is 1.57. The van der Waals surface area contributed by atoms with Gasteiger partial charge in [-0.2, -0.15) is 0 Å². The minimum Gasteiger partial charge on any atom is -0.353 e. The van der Waals surface area contributed by atoms with E-state index in [0.717, 1.165) is 12.4 Å². The third kappa shape index (κ3) is 1.84. The number of nitrogens with zero attached hydrogens (tertiary/aromatic N) is 4. The van der Waals surface area contributed by atoms with Gasteiger partial charge in [0.05, 0.1) is 6.04 Å². The molecule has 3 heterocycles. The highest BCUT2D eigenvalue weighted by molar-refractivity contribution is 5.82. The monoisotopic (exact) mass is 232 g/mol. The lowest BCUT2D eigenvalue weighted by atomic mass is 10.1. The molecule has 0 aliphatic carbocycles. The van der Waals surface area contributed by atoms with E-state index in [2.05, 4.69) is 25.8 Å². The maximum absolute atomic E-state index is 11.6. The van der Waals surface area contributed by atoms with Crippen molar-refractivity contribution in [3.05, 3.63) is 24.3 Å². The van der Waals surface area contributed by atoms with Crippen molar-refractivity contribution in [3.63, 3.8) is 0 Å². The molecule has 3 rings (SSSR count). The van der Waals surface area contributed by atoms with Gasteiger partial charge in [-0.15, -0.1) is 10.2 Å². The number of rotatable bonds is 2. The van der Waals surface area contributed by atoms with Gasteiger partial charge in [0.25, 0.3) is 5.78 Å². The number of hydrogen-bond acceptors (Lipinski definition) is 5. The minimum absolute atomic E-state index is 0.0110. The summed E-state index contributed by atoms with van der Waals surface area (Å²) < 4.78 is 1.80. The van der Waals surface area contributed by atoms with Gasteiger partial charge >= 0.3 is 0 Å². The fourth-order valence-corrected chi connectivity index (χ4v) is 1.92. The van der Waals surface area contributed by atoms with E-state index in [1.165, 1.54) is 0 Å². The Morgan fingerprint density at radius 3 is 3.24 bits per heavy atom. The number of carbonyl (C=O) groups excluding carboxylic acids is 1. The SMILES string of the molecule is O=C1NCCNC1Cc1nnc2ncccn12. The van der Waals surface area contributed by atoms with Gasteiger partial charge in [-0.25, -0.2) is 4.98 Å². The fraction of sp³-hybridized carbons (Fsp3) is 0.400. The van der Waals surface area contributed by atoms with E-state index in [1.807, 2.05) is 12.3 Å². The molecule has 88 valence electrons. The molecule has 0 radical (unpaired) electrons. The Bertz CT molecular complexity index is 550. The lowest BCUT2D eigenvalue weighted by molar-refractivity contribution is -0.124. The average molecular weight is 232 g/mol. The van der Waals surface area contributed by atoms with Crippen LogP contribution in [0.5, 0.6) is 0 Å². The summed E-state index contributed by atoms with van der Waals surface area (Å²) in [4.78, 5) is 15.7. The molecule has 1 atom stereocenters. The van der Waals surface area contributed by atoms with Crippen molar-refractivity contribution in [1.82, 2.24) is 30.2 Å². The Morgan fingerprint density at radius 2 is 2.35 bits per heavy atom. The first-order valence-corrected chi connectivity index (χ1v) is 5.50. The summed E-state index contributed by atoms with van der Waals surface area (Å²) in [5.41, 5.74) is 0. The van der Waals surface area contributed by atoms with Crippen molar-refractivity contribution in [2.45, 2.75) is 12.5 Å². The summed E-state index contributed by atoms with van der Waals surface area (Å²) >= 11 is 0. The largest absolute Gasteiger partial charge is 0.353 e. The third-order valence-electron chi connectivity index (χ3n) is 2.78. The summed E-state index contributed by atoms with van der Waals surface area (Å²) in [7, 11) is 0. The third-order valence-corrected chi connectivity index (χ3v) is 2.78. The van der Waals surface area contributed by atoms with Crippen molar-refractivity contribution >= 4 is 11.7 Å². The second-order valence-corrected chi connectivity index (χ2v) is 3.91. The molecule has 1 fully saturated rings. The van der Waals surface area contributed by atoms with E-state index in [0.29, 0.717) is 18.7 Å². The van der Waals surface area contributed by atoms with Crippen LogP contribution in [0.3, 0.4) is 0 Å². The zero-order valence-electron chi connectivity index (χ0n) is 9.13. The zero-order chi connectivity index (χ0) is 11.7. The summed E-state index contributed by atoms with van der Waals surface area (Å²) in [6.45, 7) is 1.46. The Labute approximate surface area is 97.3 Å². The number of piperazine rings is 1. The van der Waals surface area contributed by atoms with Crippen LogP contribution in [0.4, 0.5) is 0 Å². The number of carbonyl (C=O) groups is 1. The van der Waals surface area contributed by atoms with Crippen molar-refractivity contribution in [2.75, 3.05) is 13.1 Å². The first-order chi connectivity index (χ1) is 8.34. The summed E-state index contributed by atoms with van der Waals surface area (Å²) in [5, 5.41) is 14.0. The maximum atomic E-state index is 11.6. The molecule has 0 aromatic carbocycles. The Balaban J connectivity index is 1.87. The number of amides is 1. The van der Waals surface area contributed by atoms with E-state index in [-0.39, 0.29) is 11.9 Å². The van der Waals surface area contributed by atoms with Crippen molar-refractivity contribution in [3.8, 4) is 0 Å². The molecule has 7 heteroatoms. The van der Waals surface area contributed by atoms with Gasteiger partial charge in [0, 0.05) is 31.9 Å². The Hall–Kier alpha value is -2.02. The normalized spacial score (nSPS) is 20.5. The van der Waals surface area contributed by atoms with Crippen LogP contribution in [0, 0.1) is 0 Å². The topological polar surface area (TPSA) is 84.2 Å². The highest BCUT2D eigenvalue weighted by Crippen LogP contribution is 2.04. The standard InChI is InChI=1S/C10H12N6O/c17-9-7(11-3-4-12-9)6-8-14-15-10-13-2-1-5-16(8)10/h1-2,5,7,11H,3-4,6H2,(H,12,17). The summed E-state index contributed by atoms with van der Waals surface area (Å²) in [5.74, 6) is 1.30. The second kappa shape index (κ2) is 4.10. The first kappa shape index (κ1) is 10.2. The molecule has 2 aromatic heterocycles. The molecule has 17 heavy (non-hydrogen) atoms. The van der Waals surface area contributed by atoms with Crippen LogP contribution in [0.1, 0.15) is 5.82 Å². The lowest BCUT2D eigenvalue weighted by Crippen LogP contribution is -2.53. The molecule has 1 unspecified atom stereocenters. The van der Waals surface area contributed by atoms with Crippen LogP contribution in [-0.2, 0) is 11.2 Å². The van der Waals surface area contributed by atoms with Gasteiger partial charge in [-0.3, -0.25) is 9.20 Å². The molecule has 1 saturated heterocycles. The highest BCUT2D eigenvalue weighted by atomic mass is 16.2. The second-order valence-electron chi connectivity index (χ2n) is 3.91. The number of hydrogen-bond donors (Lipinski definition) is 2. The van der Waals surface area contributed by atoms with Crippen LogP contribution < -0.4 is 10.6 Å². The molecule has 1 amide bonds. The van der Waals surface area contributed by atoms with Gasteiger partial charge in [-0.1, -0.05) is 0 Å². The molecule has 7 nitrogen and oxygen atoms in total. The van der Waals surface area contributed by atoms with Crippen LogP contribution in [-0.4, -0.2) is 44.6 Å². The van der Waals surface area contributed by atoms with E-state index >= 15 is 0 Å². The van der Waals surface area contributed by atoms with Gasteiger partial charge in [-0.05, 0) is 6.07 Å². The smallest absolute Gasteiger partial charge is 0.254 e. The molecule has 2 N–H and O–H groups in total. The maximum Gasteiger partial charge on any atom is 0.254 e. The zero-order valence-corrected chi connectivity index (χ0v) is 9.13. The van der Waals surface area contributed by atoms with Gasteiger partial charge < -0.3 is 10.6 Å². The van der Waals surface area contributed by atoms with E-state index in [9.17, 15) is 4.79 Å². The van der Waals surface area contributed by atoms with Crippen LogP contribution >= 0.6 is 0 Å². The van der Waals surface area contributed by atoms with Gasteiger partial charge in [0.1, 0.15) is 5.82 Å². The molecule has 0 spiro atoms. The molecular weight excluding hydrogens is 220 g/mol. The summed E-state index contributed by atoms with van der Waals surface area (Å²) in [6.07, 6.45) is 4.02. The Morgan fingerprint density at radius 1 is 1.41 bits per heavy atom. The average Bonchev–Trinajstić information content (AvgIpc) is 2.76. The van der Waals surface area contributed by atoms with Crippen LogP contribution in [0.25, 0.3) is 5.78 Å². The van der Waals surface area contributed by atoms with E-state index < -0.39 is 0 Å². The van der Waals surface area contributed by atoms with Crippen LogP contribution in [0.15, 0.2) is 18.5 Å². The van der Waals surface area contributed by atoms with Gasteiger partial charge in [0.15, 0.2) is 0 Å². The van der Waals surface area contributed by atoms with Crippen molar-refractivity contribution < 1.29 is 4.79 Å². The molecule has 1 aliphatic heterocycles. The highest BCUT2D eigenvalue weighted by Gasteiger charge is 2.23. The minimum atomic E-state index is -0.239. The lowest BCUT2D eigenvalue weighted by Gasteiger charge is -2.22. The molecule has 0 saturated carbocycles.